The second-order valence-corrected chi connectivity index (χ2v) is 5.62. The molecule has 0 aromatic heterocycles. The van der Waals surface area contributed by atoms with E-state index >= 15 is 0 Å². The van der Waals surface area contributed by atoms with Crippen LogP contribution in [0.25, 0.3) is 0 Å². The predicted octanol–water partition coefficient (Wildman–Crippen LogP) is 2.50. The molecule has 1 N–H and O–H groups in total. The normalized spacial score (nSPS) is 22.2. The Kier molecular flexibility index (Phi) is 5.07. The van der Waals surface area contributed by atoms with E-state index in [4.69, 9.17) is 0 Å². The molecule has 1 aliphatic rings. The van der Waals surface area contributed by atoms with E-state index in [0.29, 0.717) is 5.41 Å². The Morgan fingerprint density at radius 1 is 1.27 bits per heavy atom. The zero-order chi connectivity index (χ0) is 11.3. The fourth-order valence-corrected chi connectivity index (χ4v) is 2.32. The average Bonchev–Trinajstić information content (AvgIpc) is 2.18. The molecule has 1 fully saturated rings. The highest BCUT2D eigenvalue weighted by atomic mass is 15.2. The average molecular weight is 212 g/mol. The van der Waals surface area contributed by atoms with Crippen molar-refractivity contribution in [1.82, 2.24) is 10.2 Å². The first-order valence-corrected chi connectivity index (χ1v) is 6.52. The molecule has 0 radical (unpaired) electrons. The number of nitrogens with zero attached hydrogens (tertiary/aromatic N) is 1. The molecule has 0 amide bonds. The summed E-state index contributed by atoms with van der Waals surface area (Å²) in [5.74, 6) is 0. The quantitative estimate of drug-likeness (QED) is 0.704. The second-order valence-electron chi connectivity index (χ2n) is 5.62. The Balaban J connectivity index is 2.27. The fourth-order valence-electron chi connectivity index (χ4n) is 2.32. The molecule has 0 unspecified atom stereocenters. The zero-order valence-electron chi connectivity index (χ0n) is 11.0. The largest absolute Gasteiger partial charge is 0.316 e. The van der Waals surface area contributed by atoms with Crippen LogP contribution < -0.4 is 5.32 Å². The van der Waals surface area contributed by atoms with Gasteiger partial charge in [-0.15, -0.1) is 0 Å². The standard InChI is InChI=1S/C13H28N2/c1-5-8-14-11-13(4)6-9-15(10-7-13)12(2)3/h12,14H,5-11H2,1-4H3. The number of hydrogen-bond acceptors (Lipinski definition) is 2. The molecule has 2 heteroatoms. The van der Waals surface area contributed by atoms with E-state index in [1.807, 2.05) is 0 Å². The molecular weight excluding hydrogens is 184 g/mol. The predicted molar refractivity (Wildman–Crippen MR) is 67.2 cm³/mol. The van der Waals surface area contributed by atoms with E-state index in [1.54, 1.807) is 0 Å². The van der Waals surface area contributed by atoms with Crippen LogP contribution in [0.3, 0.4) is 0 Å². The molecule has 0 aliphatic carbocycles. The Hall–Kier alpha value is -0.0800. The van der Waals surface area contributed by atoms with Crippen LogP contribution in [0.1, 0.15) is 47.0 Å². The van der Waals surface area contributed by atoms with Gasteiger partial charge in [-0.25, -0.2) is 0 Å². The van der Waals surface area contributed by atoms with Gasteiger partial charge in [0.2, 0.25) is 0 Å². The maximum Gasteiger partial charge on any atom is 0.00385 e. The molecule has 0 atom stereocenters. The SMILES string of the molecule is CCCNCC1(C)CCN(C(C)C)CC1. The summed E-state index contributed by atoms with van der Waals surface area (Å²) in [5, 5.41) is 3.57. The van der Waals surface area contributed by atoms with Crippen LogP contribution in [0.15, 0.2) is 0 Å². The van der Waals surface area contributed by atoms with Crippen molar-refractivity contribution >= 4 is 0 Å². The van der Waals surface area contributed by atoms with Crippen molar-refractivity contribution in [3.8, 4) is 0 Å². The number of hydrogen-bond donors (Lipinski definition) is 1. The lowest BCUT2D eigenvalue weighted by Gasteiger charge is -2.41. The third-order valence-electron chi connectivity index (χ3n) is 3.71. The third-order valence-corrected chi connectivity index (χ3v) is 3.71. The van der Waals surface area contributed by atoms with E-state index in [9.17, 15) is 0 Å². The van der Waals surface area contributed by atoms with Crippen molar-refractivity contribution in [3.63, 3.8) is 0 Å². The number of rotatable bonds is 5. The maximum absolute atomic E-state index is 3.57. The van der Waals surface area contributed by atoms with Crippen molar-refractivity contribution in [2.45, 2.75) is 53.0 Å². The van der Waals surface area contributed by atoms with Crippen LogP contribution in [0.2, 0.25) is 0 Å². The minimum atomic E-state index is 0.542. The fraction of sp³-hybridized carbons (Fsp3) is 1.00. The summed E-state index contributed by atoms with van der Waals surface area (Å²) in [7, 11) is 0. The molecule has 1 rings (SSSR count). The topological polar surface area (TPSA) is 15.3 Å². The van der Waals surface area contributed by atoms with Gasteiger partial charge in [-0.1, -0.05) is 13.8 Å². The van der Waals surface area contributed by atoms with Crippen LogP contribution in [0, 0.1) is 5.41 Å². The van der Waals surface area contributed by atoms with E-state index in [0.717, 1.165) is 6.04 Å². The van der Waals surface area contributed by atoms with E-state index < -0.39 is 0 Å². The molecule has 1 heterocycles. The van der Waals surface area contributed by atoms with Gasteiger partial charge in [-0.2, -0.15) is 0 Å². The highest BCUT2D eigenvalue weighted by Crippen LogP contribution is 2.30. The van der Waals surface area contributed by atoms with Crippen LogP contribution in [-0.4, -0.2) is 37.1 Å². The van der Waals surface area contributed by atoms with Gasteiger partial charge in [-0.05, 0) is 58.2 Å². The highest BCUT2D eigenvalue weighted by molar-refractivity contribution is 4.85. The van der Waals surface area contributed by atoms with Crippen molar-refractivity contribution < 1.29 is 0 Å². The molecule has 15 heavy (non-hydrogen) atoms. The smallest absolute Gasteiger partial charge is 0.00385 e. The van der Waals surface area contributed by atoms with Crippen LogP contribution in [-0.2, 0) is 0 Å². The highest BCUT2D eigenvalue weighted by Gasteiger charge is 2.30. The maximum atomic E-state index is 3.57. The van der Waals surface area contributed by atoms with Gasteiger partial charge >= 0.3 is 0 Å². The summed E-state index contributed by atoms with van der Waals surface area (Å²) in [6.45, 7) is 14.2. The van der Waals surface area contributed by atoms with Crippen molar-refractivity contribution in [2.75, 3.05) is 26.2 Å². The van der Waals surface area contributed by atoms with Gasteiger partial charge < -0.3 is 10.2 Å². The van der Waals surface area contributed by atoms with Crippen molar-refractivity contribution in [3.05, 3.63) is 0 Å². The molecule has 2 nitrogen and oxygen atoms in total. The Bertz CT molecular complexity index is 169. The molecule has 90 valence electrons. The monoisotopic (exact) mass is 212 g/mol. The van der Waals surface area contributed by atoms with Gasteiger partial charge in [0.05, 0.1) is 0 Å². The molecule has 0 aromatic carbocycles. The van der Waals surface area contributed by atoms with Crippen LogP contribution in [0.4, 0.5) is 0 Å². The summed E-state index contributed by atoms with van der Waals surface area (Å²) >= 11 is 0. The molecule has 0 saturated carbocycles. The third kappa shape index (κ3) is 4.12. The van der Waals surface area contributed by atoms with Crippen molar-refractivity contribution in [2.24, 2.45) is 5.41 Å². The number of nitrogens with one attached hydrogen (secondary N) is 1. The molecule has 0 bridgehead atoms. The zero-order valence-corrected chi connectivity index (χ0v) is 11.0. The molecule has 0 spiro atoms. The van der Waals surface area contributed by atoms with Gasteiger partial charge in [0.1, 0.15) is 0 Å². The van der Waals surface area contributed by atoms with Gasteiger partial charge in [0.15, 0.2) is 0 Å². The first-order valence-electron chi connectivity index (χ1n) is 6.52. The Labute approximate surface area is 95.4 Å². The first-order chi connectivity index (χ1) is 7.07. The summed E-state index contributed by atoms with van der Waals surface area (Å²) in [5.41, 5.74) is 0.542. The molecule has 1 saturated heterocycles. The number of piperidine rings is 1. The van der Waals surface area contributed by atoms with Gasteiger partial charge in [0.25, 0.3) is 0 Å². The summed E-state index contributed by atoms with van der Waals surface area (Å²) in [4.78, 5) is 2.60. The van der Waals surface area contributed by atoms with E-state index in [-0.39, 0.29) is 0 Å². The van der Waals surface area contributed by atoms with Crippen LogP contribution >= 0.6 is 0 Å². The molecule has 1 aliphatic heterocycles. The van der Waals surface area contributed by atoms with E-state index in [2.05, 4.69) is 37.9 Å². The van der Waals surface area contributed by atoms with E-state index in [1.165, 1.54) is 45.4 Å². The molecule has 0 aromatic rings. The summed E-state index contributed by atoms with van der Waals surface area (Å²) < 4.78 is 0. The van der Waals surface area contributed by atoms with Crippen LogP contribution in [0.5, 0.6) is 0 Å². The molecular formula is C13H28N2. The van der Waals surface area contributed by atoms with Gasteiger partial charge in [-0.3, -0.25) is 0 Å². The lowest BCUT2D eigenvalue weighted by molar-refractivity contribution is 0.0943. The summed E-state index contributed by atoms with van der Waals surface area (Å²) in [6.07, 6.45) is 3.94. The minimum absolute atomic E-state index is 0.542. The lowest BCUT2D eigenvalue weighted by atomic mass is 9.80. The van der Waals surface area contributed by atoms with Crippen molar-refractivity contribution in [1.29, 1.82) is 0 Å². The minimum Gasteiger partial charge on any atom is -0.316 e. The Morgan fingerprint density at radius 3 is 2.33 bits per heavy atom. The lowest BCUT2D eigenvalue weighted by Crippen LogP contribution is -2.45. The first kappa shape index (κ1) is 13.0. The van der Waals surface area contributed by atoms with Gasteiger partial charge in [0, 0.05) is 12.6 Å². The Morgan fingerprint density at radius 2 is 1.87 bits per heavy atom. The second kappa shape index (κ2) is 5.86. The summed E-state index contributed by atoms with van der Waals surface area (Å²) in [6, 6.07) is 0.721. The number of likely N-dealkylation sites (tertiary alicyclic amines) is 1.